The fourth-order valence-electron chi connectivity index (χ4n) is 3.86. The van der Waals surface area contributed by atoms with Crippen LogP contribution in [0.5, 0.6) is 0 Å². The van der Waals surface area contributed by atoms with Crippen LogP contribution in [0, 0.1) is 6.92 Å². The molecule has 0 bridgehead atoms. The average molecular weight is 322 g/mol. The van der Waals surface area contributed by atoms with Crippen LogP contribution in [0.25, 0.3) is 44.0 Å². The van der Waals surface area contributed by atoms with Gasteiger partial charge in [-0.3, -0.25) is 0 Å². The van der Waals surface area contributed by atoms with Gasteiger partial charge in [0.05, 0.1) is 11.0 Å². The van der Waals surface area contributed by atoms with E-state index >= 15 is 0 Å². The van der Waals surface area contributed by atoms with Gasteiger partial charge in [0, 0.05) is 28.8 Å². The highest BCUT2D eigenvalue weighted by Crippen LogP contribution is 2.39. The molecule has 5 aromatic rings. The molecule has 2 heterocycles. The van der Waals surface area contributed by atoms with Crippen molar-refractivity contribution in [2.75, 3.05) is 0 Å². The molecule has 5 rings (SSSR count). The van der Waals surface area contributed by atoms with Gasteiger partial charge in [-0.2, -0.15) is 0 Å². The summed E-state index contributed by atoms with van der Waals surface area (Å²) in [6.45, 7) is 2.15. The second kappa shape index (κ2) is 5.18. The van der Waals surface area contributed by atoms with Crippen molar-refractivity contribution >= 4 is 32.8 Å². The zero-order chi connectivity index (χ0) is 17.0. The number of hydrogen-bond acceptors (Lipinski definition) is 1. The molecule has 0 fully saturated rings. The molecule has 0 atom stereocenters. The van der Waals surface area contributed by atoms with Gasteiger partial charge in [-0.1, -0.05) is 60.2 Å². The van der Waals surface area contributed by atoms with Crippen LogP contribution >= 0.6 is 0 Å². The number of benzene rings is 3. The summed E-state index contributed by atoms with van der Waals surface area (Å²) in [6.07, 6.45) is 0. The van der Waals surface area contributed by atoms with Gasteiger partial charge in [0.25, 0.3) is 0 Å². The summed E-state index contributed by atoms with van der Waals surface area (Å²) in [6, 6.07) is 25.7. The Morgan fingerprint density at radius 1 is 0.800 bits per heavy atom. The van der Waals surface area contributed by atoms with Crippen LogP contribution in [-0.2, 0) is 7.05 Å². The zero-order valence-electron chi connectivity index (χ0n) is 14.3. The Balaban J connectivity index is 2.11. The lowest BCUT2D eigenvalue weighted by atomic mass is 9.96. The van der Waals surface area contributed by atoms with E-state index < -0.39 is 0 Å². The van der Waals surface area contributed by atoms with Crippen molar-refractivity contribution in [1.29, 1.82) is 0 Å². The van der Waals surface area contributed by atoms with Gasteiger partial charge in [-0.25, -0.2) is 4.98 Å². The summed E-state index contributed by atoms with van der Waals surface area (Å²) in [4.78, 5) is 4.99. The summed E-state index contributed by atoms with van der Waals surface area (Å²) in [5, 5.41) is 3.72. The van der Waals surface area contributed by atoms with Gasteiger partial charge < -0.3 is 4.57 Å². The van der Waals surface area contributed by atoms with Crippen LogP contribution in [0.15, 0.2) is 72.8 Å². The van der Waals surface area contributed by atoms with Crippen molar-refractivity contribution in [3.05, 3.63) is 78.4 Å². The summed E-state index contributed by atoms with van der Waals surface area (Å²) in [5.74, 6) is 0. The fourth-order valence-corrected chi connectivity index (χ4v) is 3.86. The topological polar surface area (TPSA) is 17.8 Å². The number of pyridine rings is 1. The van der Waals surface area contributed by atoms with E-state index in [1.807, 2.05) is 0 Å². The first-order chi connectivity index (χ1) is 12.2. The van der Waals surface area contributed by atoms with E-state index in [2.05, 4.69) is 91.3 Å². The molecule has 0 radical (unpaired) electrons. The zero-order valence-corrected chi connectivity index (χ0v) is 14.3. The van der Waals surface area contributed by atoms with Crippen LogP contribution in [-0.4, -0.2) is 9.55 Å². The van der Waals surface area contributed by atoms with E-state index in [9.17, 15) is 0 Å². The Morgan fingerprint density at radius 3 is 2.40 bits per heavy atom. The molecule has 120 valence electrons. The first-order valence-electron chi connectivity index (χ1n) is 8.57. The van der Waals surface area contributed by atoms with Gasteiger partial charge in [0.2, 0.25) is 0 Å². The van der Waals surface area contributed by atoms with E-state index in [4.69, 9.17) is 4.98 Å². The highest BCUT2D eigenvalue weighted by Gasteiger charge is 2.17. The van der Waals surface area contributed by atoms with Gasteiger partial charge >= 0.3 is 0 Å². The van der Waals surface area contributed by atoms with Crippen LogP contribution in [0.2, 0.25) is 0 Å². The molecule has 0 amide bonds. The van der Waals surface area contributed by atoms with Crippen LogP contribution in [0.4, 0.5) is 0 Å². The normalized spacial score (nSPS) is 11.6. The SMILES string of the molecule is Cc1ccc2c(c1)c1c(-c3ccccc3)c3ccccc3nc1n2C. The maximum absolute atomic E-state index is 4.99. The molecule has 2 heteroatoms. The maximum Gasteiger partial charge on any atom is 0.142 e. The average Bonchev–Trinajstić information content (AvgIpc) is 2.92. The van der Waals surface area contributed by atoms with E-state index in [0.29, 0.717) is 0 Å². The van der Waals surface area contributed by atoms with Gasteiger partial charge in [0.1, 0.15) is 5.65 Å². The van der Waals surface area contributed by atoms with E-state index in [1.165, 1.54) is 38.4 Å². The summed E-state index contributed by atoms with van der Waals surface area (Å²) in [5.41, 5.74) is 7.08. The maximum atomic E-state index is 4.99. The number of aromatic nitrogens is 2. The van der Waals surface area contributed by atoms with Crippen LogP contribution < -0.4 is 0 Å². The number of rotatable bonds is 1. The van der Waals surface area contributed by atoms with Crippen molar-refractivity contribution in [2.24, 2.45) is 7.05 Å². The molecule has 0 aliphatic heterocycles. The number of fused-ring (bicyclic) bond motifs is 4. The molecule has 25 heavy (non-hydrogen) atoms. The molecule has 0 N–H and O–H groups in total. The highest BCUT2D eigenvalue weighted by molar-refractivity contribution is 6.20. The van der Waals surface area contributed by atoms with E-state index in [0.717, 1.165) is 11.2 Å². The number of hydrogen-bond donors (Lipinski definition) is 0. The molecule has 0 saturated carbocycles. The summed E-state index contributed by atoms with van der Waals surface area (Å²) in [7, 11) is 2.11. The Kier molecular flexibility index (Phi) is 2.95. The molecule has 0 aliphatic rings. The second-order valence-electron chi connectivity index (χ2n) is 6.65. The second-order valence-corrected chi connectivity index (χ2v) is 6.65. The number of aryl methyl sites for hydroxylation is 2. The van der Waals surface area contributed by atoms with E-state index in [-0.39, 0.29) is 0 Å². The fraction of sp³-hybridized carbons (Fsp3) is 0.0870. The molecular weight excluding hydrogens is 304 g/mol. The van der Waals surface area contributed by atoms with Crippen molar-refractivity contribution in [2.45, 2.75) is 6.92 Å². The summed E-state index contributed by atoms with van der Waals surface area (Å²) >= 11 is 0. The number of para-hydroxylation sites is 1. The van der Waals surface area contributed by atoms with E-state index in [1.54, 1.807) is 0 Å². The van der Waals surface area contributed by atoms with Gasteiger partial charge in [-0.15, -0.1) is 0 Å². The lowest BCUT2D eigenvalue weighted by Gasteiger charge is -2.10. The minimum absolute atomic E-state index is 1.04. The lowest BCUT2D eigenvalue weighted by Crippen LogP contribution is -1.92. The van der Waals surface area contributed by atoms with Gasteiger partial charge in [-0.05, 0) is 30.7 Å². The molecule has 0 spiro atoms. The van der Waals surface area contributed by atoms with Crippen molar-refractivity contribution in [1.82, 2.24) is 9.55 Å². The van der Waals surface area contributed by atoms with Gasteiger partial charge in [0.15, 0.2) is 0 Å². The minimum atomic E-state index is 1.04. The minimum Gasteiger partial charge on any atom is -0.328 e. The molecule has 3 aromatic carbocycles. The lowest BCUT2D eigenvalue weighted by molar-refractivity contribution is 0.994. The first kappa shape index (κ1) is 14.2. The molecule has 0 aliphatic carbocycles. The molecule has 0 unspecified atom stereocenters. The molecular formula is C23H18N2. The van der Waals surface area contributed by atoms with Crippen molar-refractivity contribution in [3.8, 4) is 11.1 Å². The largest absolute Gasteiger partial charge is 0.328 e. The highest BCUT2D eigenvalue weighted by atomic mass is 15.0. The Labute approximate surface area is 146 Å². The molecule has 2 nitrogen and oxygen atoms in total. The van der Waals surface area contributed by atoms with Crippen molar-refractivity contribution < 1.29 is 0 Å². The predicted molar refractivity (Wildman–Crippen MR) is 106 cm³/mol. The molecule has 2 aromatic heterocycles. The standard InChI is InChI=1S/C23H18N2/c1-15-12-13-20-18(14-15)22-21(16-8-4-3-5-9-16)17-10-6-7-11-19(17)24-23(22)25(20)2/h3-14H,1-2H3. The monoisotopic (exact) mass is 322 g/mol. The van der Waals surface area contributed by atoms with Crippen LogP contribution in [0.1, 0.15) is 5.56 Å². The summed E-state index contributed by atoms with van der Waals surface area (Å²) < 4.78 is 2.21. The quantitative estimate of drug-likeness (QED) is 0.378. The predicted octanol–water partition coefficient (Wildman–Crippen LogP) is 5.86. The third kappa shape index (κ3) is 2.01. The molecule has 0 saturated heterocycles. The third-order valence-corrected chi connectivity index (χ3v) is 5.04. The van der Waals surface area contributed by atoms with Crippen LogP contribution in [0.3, 0.4) is 0 Å². The third-order valence-electron chi connectivity index (χ3n) is 5.04. The Morgan fingerprint density at radius 2 is 1.56 bits per heavy atom. The Bertz CT molecular complexity index is 1250. The Hall–Kier alpha value is -3.13. The smallest absolute Gasteiger partial charge is 0.142 e. The number of nitrogens with zero attached hydrogens (tertiary/aromatic N) is 2. The van der Waals surface area contributed by atoms with Crippen molar-refractivity contribution in [3.63, 3.8) is 0 Å². The first-order valence-corrected chi connectivity index (χ1v) is 8.57.